The third-order valence-corrected chi connectivity index (χ3v) is 4.46. The molecule has 27 heavy (non-hydrogen) atoms. The van der Waals surface area contributed by atoms with E-state index < -0.39 is 0 Å². The van der Waals surface area contributed by atoms with Gasteiger partial charge in [0.1, 0.15) is 0 Å². The van der Waals surface area contributed by atoms with Crippen LogP contribution in [0.3, 0.4) is 0 Å². The van der Waals surface area contributed by atoms with E-state index in [4.69, 9.17) is 0 Å². The highest BCUT2D eigenvalue weighted by Crippen LogP contribution is 2.18. The van der Waals surface area contributed by atoms with Gasteiger partial charge in [0.15, 0.2) is 0 Å². The molecule has 6 nitrogen and oxygen atoms in total. The molecule has 3 aromatic rings. The Morgan fingerprint density at radius 1 is 0.741 bits per heavy atom. The van der Waals surface area contributed by atoms with Crippen molar-refractivity contribution < 1.29 is 14.4 Å². The lowest BCUT2D eigenvalue weighted by Crippen LogP contribution is -2.13. The molecule has 0 unspecified atom stereocenters. The number of benzene rings is 2. The number of carbonyl (C=O) groups excluding carboxylic acids is 3. The minimum absolute atomic E-state index is 0.182. The van der Waals surface area contributed by atoms with E-state index in [0.717, 1.165) is 0 Å². The zero-order chi connectivity index (χ0) is 19.2. The summed E-state index contributed by atoms with van der Waals surface area (Å²) >= 11 is 1.36. The summed E-state index contributed by atoms with van der Waals surface area (Å²) in [6.45, 7) is 1.42. The molecule has 0 atom stereocenters. The maximum Gasteiger partial charge on any atom is 0.265 e. The normalized spacial score (nSPS) is 10.1. The molecule has 3 rings (SSSR count). The predicted octanol–water partition coefficient (Wildman–Crippen LogP) is 4.21. The summed E-state index contributed by atoms with van der Waals surface area (Å²) in [6, 6.07) is 17.1. The summed E-state index contributed by atoms with van der Waals surface area (Å²) in [5.41, 5.74) is 2.24. The highest BCUT2D eigenvalue weighted by atomic mass is 32.1. The monoisotopic (exact) mass is 379 g/mol. The predicted molar refractivity (Wildman–Crippen MR) is 107 cm³/mol. The lowest BCUT2D eigenvalue weighted by Gasteiger charge is -2.09. The second-order valence-electron chi connectivity index (χ2n) is 5.72. The Bertz CT molecular complexity index is 966. The second kappa shape index (κ2) is 8.29. The van der Waals surface area contributed by atoms with Crippen LogP contribution in [-0.4, -0.2) is 17.7 Å². The lowest BCUT2D eigenvalue weighted by molar-refractivity contribution is -0.114. The fraction of sp³-hybridized carbons (Fsp3) is 0.0500. The topological polar surface area (TPSA) is 87.3 Å². The molecule has 0 fully saturated rings. The van der Waals surface area contributed by atoms with Crippen molar-refractivity contribution in [3.05, 3.63) is 76.5 Å². The van der Waals surface area contributed by atoms with E-state index in [9.17, 15) is 14.4 Å². The first-order chi connectivity index (χ1) is 13.0. The number of nitrogens with one attached hydrogen (secondary N) is 3. The van der Waals surface area contributed by atoms with Crippen LogP contribution in [0, 0.1) is 0 Å². The molecule has 1 heterocycles. The molecule has 3 N–H and O–H groups in total. The largest absolute Gasteiger partial charge is 0.326 e. The van der Waals surface area contributed by atoms with Crippen molar-refractivity contribution in [2.75, 3.05) is 16.0 Å². The number of carbonyl (C=O) groups is 3. The van der Waals surface area contributed by atoms with Crippen LogP contribution >= 0.6 is 11.3 Å². The van der Waals surface area contributed by atoms with Gasteiger partial charge in [0, 0.05) is 29.5 Å². The van der Waals surface area contributed by atoms with Gasteiger partial charge in [-0.1, -0.05) is 12.1 Å². The molecule has 0 saturated heterocycles. The minimum Gasteiger partial charge on any atom is -0.326 e. The molecule has 0 saturated carbocycles. The molecule has 1 aromatic heterocycles. The number of rotatable bonds is 5. The maximum absolute atomic E-state index is 12.4. The summed E-state index contributed by atoms with van der Waals surface area (Å²) in [4.78, 5) is 36.2. The summed E-state index contributed by atoms with van der Waals surface area (Å²) < 4.78 is 0. The molecule has 0 aliphatic heterocycles. The first-order valence-corrected chi connectivity index (χ1v) is 9.03. The molecule has 2 aromatic carbocycles. The highest BCUT2D eigenvalue weighted by molar-refractivity contribution is 7.12. The Labute approximate surface area is 160 Å². The molecule has 3 amide bonds. The van der Waals surface area contributed by atoms with Crippen LogP contribution in [0.15, 0.2) is 66.0 Å². The average molecular weight is 379 g/mol. The SMILES string of the molecule is CC(=O)Nc1cccc(NC(=O)c2ccc(NC(=O)c3cccs3)cc2)c1. The fourth-order valence-corrected chi connectivity index (χ4v) is 3.01. The molecule has 0 bridgehead atoms. The van der Waals surface area contributed by atoms with Crippen LogP contribution < -0.4 is 16.0 Å². The second-order valence-corrected chi connectivity index (χ2v) is 6.67. The van der Waals surface area contributed by atoms with Crippen molar-refractivity contribution in [1.82, 2.24) is 0 Å². The highest BCUT2D eigenvalue weighted by Gasteiger charge is 2.09. The molecule has 136 valence electrons. The van der Waals surface area contributed by atoms with Gasteiger partial charge in [-0.15, -0.1) is 11.3 Å². The van der Waals surface area contributed by atoms with E-state index in [0.29, 0.717) is 27.5 Å². The Balaban J connectivity index is 1.64. The average Bonchev–Trinajstić information content (AvgIpc) is 3.17. The number of hydrogen-bond acceptors (Lipinski definition) is 4. The standard InChI is InChI=1S/C20H17N3O3S/c1-13(24)21-16-4-2-5-17(12-16)23-19(25)14-7-9-15(10-8-14)22-20(26)18-6-3-11-27-18/h2-12H,1H3,(H,21,24)(H,22,26)(H,23,25). The Morgan fingerprint density at radius 2 is 1.41 bits per heavy atom. The number of hydrogen-bond donors (Lipinski definition) is 3. The first kappa shape index (κ1) is 18.3. The van der Waals surface area contributed by atoms with Crippen LogP contribution in [-0.2, 0) is 4.79 Å². The zero-order valence-electron chi connectivity index (χ0n) is 14.5. The maximum atomic E-state index is 12.4. The van der Waals surface area contributed by atoms with Gasteiger partial charge in [0.2, 0.25) is 5.91 Å². The van der Waals surface area contributed by atoms with E-state index in [-0.39, 0.29) is 17.7 Å². The molecule has 7 heteroatoms. The van der Waals surface area contributed by atoms with Crippen molar-refractivity contribution in [2.45, 2.75) is 6.92 Å². The van der Waals surface area contributed by atoms with Gasteiger partial charge in [-0.25, -0.2) is 0 Å². The van der Waals surface area contributed by atoms with Gasteiger partial charge < -0.3 is 16.0 Å². The van der Waals surface area contributed by atoms with Gasteiger partial charge in [0.05, 0.1) is 4.88 Å². The van der Waals surface area contributed by atoms with Crippen LogP contribution in [0.1, 0.15) is 27.0 Å². The Hall–Kier alpha value is -3.45. The van der Waals surface area contributed by atoms with Gasteiger partial charge in [-0.2, -0.15) is 0 Å². The van der Waals surface area contributed by atoms with Crippen molar-refractivity contribution in [1.29, 1.82) is 0 Å². The number of amides is 3. The van der Waals surface area contributed by atoms with Crippen LogP contribution in [0.4, 0.5) is 17.1 Å². The Kier molecular flexibility index (Phi) is 5.63. The zero-order valence-corrected chi connectivity index (χ0v) is 15.3. The van der Waals surface area contributed by atoms with E-state index in [1.807, 2.05) is 11.4 Å². The van der Waals surface area contributed by atoms with Crippen molar-refractivity contribution in [3.8, 4) is 0 Å². The van der Waals surface area contributed by atoms with E-state index in [2.05, 4.69) is 16.0 Å². The fourth-order valence-electron chi connectivity index (χ4n) is 2.39. The molecular weight excluding hydrogens is 362 g/mol. The summed E-state index contributed by atoms with van der Waals surface area (Å²) in [5, 5.41) is 10.1. The van der Waals surface area contributed by atoms with Gasteiger partial charge in [-0.3, -0.25) is 14.4 Å². The van der Waals surface area contributed by atoms with E-state index >= 15 is 0 Å². The molecule has 0 radical (unpaired) electrons. The van der Waals surface area contributed by atoms with Gasteiger partial charge in [-0.05, 0) is 53.9 Å². The summed E-state index contributed by atoms with van der Waals surface area (Å²) in [5.74, 6) is -0.651. The minimum atomic E-state index is -0.286. The third kappa shape index (κ3) is 5.02. The number of anilines is 3. The summed E-state index contributed by atoms with van der Waals surface area (Å²) in [7, 11) is 0. The smallest absolute Gasteiger partial charge is 0.265 e. The number of thiophene rings is 1. The molecular formula is C20H17N3O3S. The Morgan fingerprint density at radius 3 is 2.04 bits per heavy atom. The first-order valence-electron chi connectivity index (χ1n) is 8.15. The molecule has 0 spiro atoms. The third-order valence-electron chi connectivity index (χ3n) is 3.59. The van der Waals surface area contributed by atoms with Gasteiger partial charge in [0.25, 0.3) is 11.8 Å². The van der Waals surface area contributed by atoms with Crippen LogP contribution in [0.25, 0.3) is 0 Å². The molecule has 0 aliphatic rings. The van der Waals surface area contributed by atoms with Crippen LogP contribution in [0.2, 0.25) is 0 Å². The van der Waals surface area contributed by atoms with Crippen molar-refractivity contribution in [2.24, 2.45) is 0 Å². The van der Waals surface area contributed by atoms with E-state index in [1.54, 1.807) is 54.6 Å². The summed E-state index contributed by atoms with van der Waals surface area (Å²) in [6.07, 6.45) is 0. The van der Waals surface area contributed by atoms with Crippen molar-refractivity contribution in [3.63, 3.8) is 0 Å². The van der Waals surface area contributed by atoms with Crippen molar-refractivity contribution >= 4 is 46.1 Å². The lowest BCUT2D eigenvalue weighted by atomic mass is 10.2. The van der Waals surface area contributed by atoms with E-state index in [1.165, 1.54) is 18.3 Å². The molecule has 0 aliphatic carbocycles. The van der Waals surface area contributed by atoms with Gasteiger partial charge >= 0.3 is 0 Å². The quantitative estimate of drug-likeness (QED) is 0.620. The van der Waals surface area contributed by atoms with Crippen LogP contribution in [0.5, 0.6) is 0 Å².